The highest BCUT2D eigenvalue weighted by atomic mass is 15.2. The first-order chi connectivity index (χ1) is 3.81. The van der Waals surface area contributed by atoms with Crippen LogP contribution in [0.4, 0.5) is 0 Å². The quantitative estimate of drug-likeness (QED) is 0.141. The van der Waals surface area contributed by atoms with Gasteiger partial charge in [-0.25, -0.2) is 11.3 Å². The van der Waals surface area contributed by atoms with Gasteiger partial charge in [-0.05, 0) is 6.92 Å². The van der Waals surface area contributed by atoms with Crippen molar-refractivity contribution in [3.05, 3.63) is 0 Å². The Morgan fingerprint density at radius 2 is 2.12 bits per heavy atom. The maximum atomic E-state index is 4.99. The summed E-state index contributed by atoms with van der Waals surface area (Å²) >= 11 is 0. The number of nitrogens with one attached hydrogen (secondary N) is 2. The van der Waals surface area contributed by atoms with Crippen LogP contribution in [0.15, 0.2) is 0 Å². The van der Waals surface area contributed by atoms with Crippen LogP contribution in [0.25, 0.3) is 0 Å². The first kappa shape index (κ1) is 7.24. The van der Waals surface area contributed by atoms with Gasteiger partial charge in [0.05, 0.1) is 6.04 Å². The Balaban J connectivity index is 3.35. The van der Waals surface area contributed by atoms with Crippen molar-refractivity contribution in [3.8, 4) is 12.0 Å². The molecule has 0 saturated heterocycles. The summed E-state index contributed by atoms with van der Waals surface area (Å²) in [4.78, 5) is 0. The molecule has 0 spiro atoms. The van der Waals surface area contributed by atoms with Crippen LogP contribution in [-0.4, -0.2) is 6.04 Å². The van der Waals surface area contributed by atoms with Gasteiger partial charge in [0, 0.05) is 6.04 Å². The van der Waals surface area contributed by atoms with E-state index in [2.05, 4.69) is 22.8 Å². The molecule has 1 unspecified atom stereocenters. The standard InChI is InChI=1S/C4H10N4/c1-4(8-6)2-3-7-5/h4,7-8H,5-6H2,1H3. The van der Waals surface area contributed by atoms with E-state index in [0.29, 0.717) is 0 Å². The van der Waals surface area contributed by atoms with E-state index >= 15 is 0 Å². The first-order valence-electron chi connectivity index (χ1n) is 2.23. The molecule has 6 N–H and O–H groups in total. The molecule has 0 fully saturated rings. The van der Waals surface area contributed by atoms with E-state index in [1.807, 2.05) is 6.92 Å². The van der Waals surface area contributed by atoms with Crippen LogP contribution in [-0.2, 0) is 0 Å². The summed E-state index contributed by atoms with van der Waals surface area (Å²) in [7, 11) is 0. The van der Waals surface area contributed by atoms with E-state index in [0.717, 1.165) is 0 Å². The summed E-state index contributed by atoms with van der Waals surface area (Å²) in [6.07, 6.45) is 0. The smallest absolute Gasteiger partial charge is 0.0808 e. The second-order valence-corrected chi connectivity index (χ2v) is 1.30. The van der Waals surface area contributed by atoms with Crippen LogP contribution in [0, 0.1) is 12.0 Å². The Morgan fingerprint density at radius 1 is 1.50 bits per heavy atom. The Hall–Kier alpha value is -0.760. The van der Waals surface area contributed by atoms with E-state index in [1.54, 1.807) is 0 Å². The van der Waals surface area contributed by atoms with Crippen LogP contribution < -0.4 is 22.5 Å². The molecule has 4 heteroatoms. The van der Waals surface area contributed by atoms with Gasteiger partial charge in [0.2, 0.25) is 0 Å². The van der Waals surface area contributed by atoms with Crippen molar-refractivity contribution in [2.24, 2.45) is 11.7 Å². The molecule has 0 aromatic heterocycles. The van der Waals surface area contributed by atoms with Crippen LogP contribution >= 0.6 is 0 Å². The van der Waals surface area contributed by atoms with E-state index in [1.165, 1.54) is 0 Å². The molecule has 0 aliphatic carbocycles. The van der Waals surface area contributed by atoms with Crippen LogP contribution in [0.1, 0.15) is 6.92 Å². The zero-order valence-electron chi connectivity index (χ0n) is 4.73. The molecule has 0 aromatic carbocycles. The van der Waals surface area contributed by atoms with Gasteiger partial charge in [-0.3, -0.25) is 11.3 Å². The molecule has 8 heavy (non-hydrogen) atoms. The number of hydrazine groups is 2. The zero-order valence-corrected chi connectivity index (χ0v) is 4.73. The molecule has 0 rings (SSSR count). The van der Waals surface area contributed by atoms with E-state index < -0.39 is 0 Å². The van der Waals surface area contributed by atoms with Crippen molar-refractivity contribution < 1.29 is 0 Å². The fraction of sp³-hybridized carbons (Fsp3) is 0.500. The molecule has 0 saturated carbocycles. The van der Waals surface area contributed by atoms with Gasteiger partial charge in [-0.15, -0.1) is 0 Å². The van der Waals surface area contributed by atoms with E-state index in [9.17, 15) is 0 Å². The van der Waals surface area contributed by atoms with Gasteiger partial charge >= 0.3 is 0 Å². The summed E-state index contributed by atoms with van der Waals surface area (Å²) in [5, 5.41) is 0. The Morgan fingerprint density at radius 3 is 2.50 bits per heavy atom. The van der Waals surface area contributed by atoms with Gasteiger partial charge in [0.15, 0.2) is 0 Å². The maximum Gasteiger partial charge on any atom is 0.0808 e. The van der Waals surface area contributed by atoms with Gasteiger partial charge < -0.3 is 0 Å². The van der Waals surface area contributed by atoms with Crippen LogP contribution in [0.2, 0.25) is 0 Å². The number of rotatable bonds is 1. The fourth-order valence-electron chi connectivity index (χ4n) is 0.192. The second kappa shape index (κ2) is 4.40. The summed E-state index contributed by atoms with van der Waals surface area (Å²) < 4.78 is 0. The van der Waals surface area contributed by atoms with Gasteiger partial charge in [-0.1, -0.05) is 5.92 Å². The minimum atomic E-state index is -0.0222. The van der Waals surface area contributed by atoms with E-state index in [4.69, 9.17) is 11.7 Å². The lowest BCUT2D eigenvalue weighted by Gasteiger charge is -1.96. The maximum absolute atomic E-state index is 4.99. The van der Waals surface area contributed by atoms with Gasteiger partial charge in [0.1, 0.15) is 0 Å². The average molecular weight is 114 g/mol. The third-order valence-electron chi connectivity index (χ3n) is 0.611. The minimum absolute atomic E-state index is 0.0222. The minimum Gasteiger partial charge on any atom is -0.283 e. The number of hydrogen-bond donors (Lipinski definition) is 4. The van der Waals surface area contributed by atoms with Crippen molar-refractivity contribution in [1.29, 1.82) is 0 Å². The molecule has 0 amide bonds. The highest BCUT2D eigenvalue weighted by Crippen LogP contribution is 1.67. The molecular formula is C4H10N4. The Bertz CT molecular complexity index is 100. The van der Waals surface area contributed by atoms with Crippen molar-refractivity contribution in [3.63, 3.8) is 0 Å². The summed E-state index contributed by atoms with van der Waals surface area (Å²) in [6.45, 7) is 1.82. The molecule has 0 heterocycles. The van der Waals surface area contributed by atoms with Gasteiger partial charge in [-0.2, -0.15) is 0 Å². The zero-order chi connectivity index (χ0) is 6.41. The lowest BCUT2D eigenvalue weighted by molar-refractivity contribution is 0.685. The van der Waals surface area contributed by atoms with Crippen molar-refractivity contribution in [1.82, 2.24) is 10.9 Å². The van der Waals surface area contributed by atoms with Crippen molar-refractivity contribution in [2.45, 2.75) is 13.0 Å². The molecule has 1 atom stereocenters. The molecule has 0 radical (unpaired) electrons. The lowest BCUT2D eigenvalue weighted by atomic mass is 10.4. The predicted octanol–water partition coefficient (Wildman–Crippen LogP) is -1.74. The normalized spacial score (nSPS) is 11.4. The second-order valence-electron chi connectivity index (χ2n) is 1.30. The van der Waals surface area contributed by atoms with E-state index in [-0.39, 0.29) is 6.04 Å². The number of nitrogens with two attached hydrogens (primary N) is 2. The summed E-state index contributed by atoms with van der Waals surface area (Å²) in [6, 6.07) is 2.41. The molecule has 46 valence electrons. The average Bonchev–Trinajstić information content (AvgIpc) is 1.83. The van der Waals surface area contributed by atoms with Crippen LogP contribution in [0.5, 0.6) is 0 Å². The predicted molar refractivity (Wildman–Crippen MR) is 31.9 cm³/mol. The largest absolute Gasteiger partial charge is 0.283 e. The first-order valence-corrected chi connectivity index (χ1v) is 2.23. The molecule has 4 nitrogen and oxygen atoms in total. The molecule has 0 aliphatic rings. The molecule has 0 aromatic rings. The van der Waals surface area contributed by atoms with Crippen molar-refractivity contribution >= 4 is 0 Å². The molecule has 0 bridgehead atoms. The lowest BCUT2D eigenvalue weighted by Crippen LogP contribution is -2.31. The molecule has 0 aliphatic heterocycles. The SMILES string of the molecule is CC(C#CNN)NN. The topological polar surface area (TPSA) is 76.1 Å². The van der Waals surface area contributed by atoms with Gasteiger partial charge in [0.25, 0.3) is 0 Å². The summed E-state index contributed by atoms with van der Waals surface area (Å²) in [5.41, 5.74) is 4.61. The monoisotopic (exact) mass is 114 g/mol. The Labute approximate surface area is 48.6 Å². The Kier molecular flexibility index (Phi) is 3.98. The third-order valence-corrected chi connectivity index (χ3v) is 0.611. The number of hydrogen-bond acceptors (Lipinski definition) is 4. The van der Waals surface area contributed by atoms with Crippen molar-refractivity contribution in [2.75, 3.05) is 0 Å². The highest BCUT2D eigenvalue weighted by Gasteiger charge is 1.85. The molecular weight excluding hydrogens is 104 g/mol. The summed E-state index contributed by atoms with van der Waals surface area (Å²) in [5.74, 6) is 12.5. The third kappa shape index (κ3) is 3.43. The van der Waals surface area contributed by atoms with Crippen LogP contribution in [0.3, 0.4) is 0 Å². The highest BCUT2D eigenvalue weighted by molar-refractivity contribution is 5.02. The fourth-order valence-corrected chi connectivity index (χ4v) is 0.192.